The Hall–Kier alpha value is -1.55. The van der Waals surface area contributed by atoms with Crippen LogP contribution < -0.4 is 5.32 Å². The number of carboxylic acid groups (broad SMARTS) is 1. The zero-order chi connectivity index (χ0) is 10.2. The summed E-state index contributed by atoms with van der Waals surface area (Å²) in [5, 5.41) is 10.5. The van der Waals surface area contributed by atoms with E-state index in [-0.39, 0.29) is 0 Å². The maximum absolute atomic E-state index is 10.1. The van der Waals surface area contributed by atoms with Gasteiger partial charge in [0.15, 0.2) is 0 Å². The van der Waals surface area contributed by atoms with Crippen LogP contribution in [-0.2, 0) is 11.3 Å². The van der Waals surface area contributed by atoms with E-state index in [0.717, 1.165) is 5.56 Å². The third kappa shape index (κ3) is 4.47. The zero-order valence-electron chi connectivity index (χ0n) is 7.77. The van der Waals surface area contributed by atoms with E-state index < -0.39 is 6.09 Å². The lowest BCUT2D eigenvalue weighted by molar-refractivity contribution is 0.120. The molecule has 0 bridgehead atoms. The van der Waals surface area contributed by atoms with Gasteiger partial charge in [0.2, 0.25) is 0 Å². The number of ether oxygens (including phenoxy) is 1. The number of hydrogen-bond acceptors (Lipinski definition) is 2. The Morgan fingerprint density at radius 1 is 1.36 bits per heavy atom. The molecule has 0 unspecified atom stereocenters. The van der Waals surface area contributed by atoms with Gasteiger partial charge in [-0.2, -0.15) is 0 Å². The molecule has 0 heterocycles. The molecule has 0 spiro atoms. The minimum absolute atomic E-state index is 0.322. The fourth-order valence-electron chi connectivity index (χ4n) is 0.994. The molecule has 0 aliphatic rings. The van der Waals surface area contributed by atoms with Gasteiger partial charge in [0, 0.05) is 6.54 Å². The van der Waals surface area contributed by atoms with Gasteiger partial charge >= 0.3 is 6.09 Å². The Morgan fingerprint density at radius 3 is 2.71 bits per heavy atom. The number of carbonyl (C=O) groups is 1. The Labute approximate surface area is 82.5 Å². The predicted molar refractivity (Wildman–Crippen MR) is 52.1 cm³/mol. The Balaban J connectivity index is 2.08. The molecule has 0 atom stereocenters. The molecule has 14 heavy (non-hydrogen) atoms. The van der Waals surface area contributed by atoms with Crippen molar-refractivity contribution >= 4 is 6.09 Å². The molecule has 1 aromatic rings. The molecular weight excluding hydrogens is 182 g/mol. The van der Waals surface area contributed by atoms with Crippen LogP contribution in [0.25, 0.3) is 0 Å². The van der Waals surface area contributed by atoms with Gasteiger partial charge in [-0.15, -0.1) is 0 Å². The molecule has 0 aliphatic heterocycles. The molecule has 1 aromatic carbocycles. The summed E-state index contributed by atoms with van der Waals surface area (Å²) >= 11 is 0. The highest BCUT2D eigenvalue weighted by atomic mass is 16.5. The van der Waals surface area contributed by atoms with Gasteiger partial charge in [-0.25, -0.2) is 4.79 Å². The number of benzene rings is 1. The van der Waals surface area contributed by atoms with Crippen molar-refractivity contribution in [1.29, 1.82) is 0 Å². The zero-order valence-corrected chi connectivity index (χ0v) is 7.77. The van der Waals surface area contributed by atoms with Crippen LogP contribution in [0.3, 0.4) is 0 Å². The van der Waals surface area contributed by atoms with Crippen LogP contribution in [0, 0.1) is 0 Å². The first-order chi connectivity index (χ1) is 6.79. The molecular formula is C10H13NO3. The van der Waals surface area contributed by atoms with Gasteiger partial charge in [0.1, 0.15) is 0 Å². The number of nitrogens with one attached hydrogen (secondary N) is 1. The Morgan fingerprint density at radius 2 is 2.07 bits per heavy atom. The quantitative estimate of drug-likeness (QED) is 0.699. The highest BCUT2D eigenvalue weighted by Crippen LogP contribution is 1.99. The second kappa shape index (κ2) is 5.99. The smallest absolute Gasteiger partial charge is 0.404 e. The van der Waals surface area contributed by atoms with Crippen LogP contribution in [0.2, 0.25) is 0 Å². The van der Waals surface area contributed by atoms with E-state index >= 15 is 0 Å². The lowest BCUT2D eigenvalue weighted by Gasteiger charge is -2.03. The number of amides is 1. The summed E-state index contributed by atoms with van der Waals surface area (Å²) < 4.78 is 5.24. The fraction of sp³-hybridized carbons (Fsp3) is 0.300. The summed E-state index contributed by atoms with van der Waals surface area (Å²) in [5.74, 6) is 0. The summed E-state index contributed by atoms with van der Waals surface area (Å²) in [6.07, 6.45) is -1.02. The fourth-order valence-corrected chi connectivity index (χ4v) is 0.994. The molecule has 2 N–H and O–H groups in total. The maximum atomic E-state index is 10.1. The summed E-state index contributed by atoms with van der Waals surface area (Å²) in [5.41, 5.74) is 1.09. The normalized spacial score (nSPS) is 9.71. The van der Waals surface area contributed by atoms with E-state index in [4.69, 9.17) is 9.84 Å². The second-order valence-corrected chi connectivity index (χ2v) is 2.77. The van der Waals surface area contributed by atoms with Gasteiger partial charge in [-0.05, 0) is 5.56 Å². The third-order valence-corrected chi connectivity index (χ3v) is 1.63. The third-order valence-electron chi connectivity index (χ3n) is 1.63. The minimum Gasteiger partial charge on any atom is -0.465 e. The standard InChI is InChI=1S/C10H13NO3/c12-10(13)11-6-7-14-8-9-4-2-1-3-5-9/h1-5,11H,6-8H2,(H,12,13). The van der Waals surface area contributed by atoms with Crippen LogP contribution in [0.15, 0.2) is 30.3 Å². The van der Waals surface area contributed by atoms with Crippen LogP contribution in [-0.4, -0.2) is 24.4 Å². The first-order valence-electron chi connectivity index (χ1n) is 4.37. The molecule has 76 valence electrons. The van der Waals surface area contributed by atoms with Gasteiger partial charge in [0.25, 0.3) is 0 Å². The van der Waals surface area contributed by atoms with Gasteiger partial charge in [-0.1, -0.05) is 30.3 Å². The van der Waals surface area contributed by atoms with Gasteiger partial charge < -0.3 is 15.2 Å². The molecule has 4 nitrogen and oxygen atoms in total. The first kappa shape index (κ1) is 10.5. The van der Waals surface area contributed by atoms with Crippen molar-refractivity contribution in [1.82, 2.24) is 5.32 Å². The van der Waals surface area contributed by atoms with Gasteiger partial charge in [0.05, 0.1) is 13.2 Å². The van der Waals surface area contributed by atoms with Crippen molar-refractivity contribution in [3.8, 4) is 0 Å². The molecule has 4 heteroatoms. The van der Waals surface area contributed by atoms with Crippen LogP contribution in [0.1, 0.15) is 5.56 Å². The summed E-state index contributed by atoms with van der Waals surface area (Å²) in [6.45, 7) is 1.23. The molecule has 0 aliphatic carbocycles. The van der Waals surface area contributed by atoms with Gasteiger partial charge in [-0.3, -0.25) is 0 Å². The van der Waals surface area contributed by atoms with E-state index in [1.165, 1.54) is 0 Å². The molecule has 0 saturated carbocycles. The SMILES string of the molecule is O=C(O)NCCOCc1ccccc1. The van der Waals surface area contributed by atoms with Crippen molar-refractivity contribution in [2.75, 3.05) is 13.2 Å². The van der Waals surface area contributed by atoms with Crippen LogP contribution in [0.5, 0.6) is 0 Å². The number of hydrogen-bond donors (Lipinski definition) is 2. The van der Waals surface area contributed by atoms with Crippen LogP contribution >= 0.6 is 0 Å². The lowest BCUT2D eigenvalue weighted by Crippen LogP contribution is -2.25. The summed E-state index contributed by atoms with van der Waals surface area (Å²) in [6, 6.07) is 9.74. The van der Waals surface area contributed by atoms with Crippen molar-refractivity contribution in [2.45, 2.75) is 6.61 Å². The van der Waals surface area contributed by atoms with E-state index in [1.54, 1.807) is 0 Å². The monoisotopic (exact) mass is 195 g/mol. The molecule has 1 rings (SSSR count). The van der Waals surface area contributed by atoms with Crippen molar-refractivity contribution < 1.29 is 14.6 Å². The number of rotatable bonds is 5. The molecule has 1 amide bonds. The largest absolute Gasteiger partial charge is 0.465 e. The molecule has 0 aromatic heterocycles. The minimum atomic E-state index is -1.02. The Bertz CT molecular complexity index is 274. The Kier molecular flexibility index (Phi) is 4.50. The predicted octanol–water partition coefficient (Wildman–Crippen LogP) is 1.47. The first-order valence-corrected chi connectivity index (χ1v) is 4.37. The van der Waals surface area contributed by atoms with Crippen molar-refractivity contribution in [3.63, 3.8) is 0 Å². The maximum Gasteiger partial charge on any atom is 0.404 e. The van der Waals surface area contributed by atoms with E-state index in [0.29, 0.717) is 19.8 Å². The topological polar surface area (TPSA) is 58.6 Å². The average molecular weight is 195 g/mol. The van der Waals surface area contributed by atoms with Crippen LogP contribution in [0.4, 0.5) is 4.79 Å². The summed E-state index contributed by atoms with van der Waals surface area (Å²) in [4.78, 5) is 10.1. The average Bonchev–Trinajstić information content (AvgIpc) is 2.18. The van der Waals surface area contributed by atoms with E-state index in [9.17, 15) is 4.79 Å². The lowest BCUT2D eigenvalue weighted by atomic mass is 10.2. The molecule has 0 fully saturated rings. The second-order valence-electron chi connectivity index (χ2n) is 2.77. The molecule has 0 radical (unpaired) electrons. The molecule has 0 saturated heterocycles. The highest BCUT2D eigenvalue weighted by molar-refractivity contribution is 5.64. The summed E-state index contributed by atoms with van der Waals surface area (Å²) in [7, 11) is 0. The van der Waals surface area contributed by atoms with Crippen molar-refractivity contribution in [2.24, 2.45) is 0 Å². The highest BCUT2D eigenvalue weighted by Gasteiger charge is 1.94. The van der Waals surface area contributed by atoms with E-state index in [1.807, 2.05) is 30.3 Å². The van der Waals surface area contributed by atoms with Crippen molar-refractivity contribution in [3.05, 3.63) is 35.9 Å². The van der Waals surface area contributed by atoms with E-state index in [2.05, 4.69) is 5.32 Å².